The van der Waals surface area contributed by atoms with Crippen LogP contribution in [-0.2, 0) is 0 Å². The van der Waals surface area contributed by atoms with Gasteiger partial charge in [0, 0.05) is 44.7 Å². The molecular formula is C24H31FN2O. The number of piperazine rings is 1. The van der Waals surface area contributed by atoms with Gasteiger partial charge < -0.3 is 5.11 Å². The molecule has 4 heteroatoms. The predicted octanol–water partition coefficient (Wildman–Crippen LogP) is 4.14. The van der Waals surface area contributed by atoms with Crippen LogP contribution in [0.1, 0.15) is 60.4 Å². The maximum absolute atomic E-state index is 13.4. The van der Waals surface area contributed by atoms with E-state index in [1.165, 1.54) is 22.3 Å². The fourth-order valence-corrected chi connectivity index (χ4v) is 4.83. The summed E-state index contributed by atoms with van der Waals surface area (Å²) in [5, 5.41) is 9.21. The SMILES string of the molecule is CC(C)c1ccc2c(c1)[C@@H](N1CCN(CCO)CC1)C[C@@H]2c1ccc(F)cc1. The van der Waals surface area contributed by atoms with Crippen LogP contribution in [0, 0.1) is 5.82 Å². The van der Waals surface area contributed by atoms with Gasteiger partial charge in [0.15, 0.2) is 0 Å². The molecule has 2 aliphatic rings. The van der Waals surface area contributed by atoms with E-state index in [4.69, 9.17) is 0 Å². The molecule has 0 radical (unpaired) electrons. The quantitative estimate of drug-likeness (QED) is 0.842. The Labute approximate surface area is 167 Å². The van der Waals surface area contributed by atoms with Gasteiger partial charge in [0.25, 0.3) is 0 Å². The highest BCUT2D eigenvalue weighted by Gasteiger charge is 2.36. The summed E-state index contributed by atoms with van der Waals surface area (Å²) in [6.07, 6.45) is 1.06. The van der Waals surface area contributed by atoms with Gasteiger partial charge in [-0.25, -0.2) is 4.39 Å². The van der Waals surface area contributed by atoms with E-state index >= 15 is 0 Å². The Hall–Kier alpha value is -1.75. The van der Waals surface area contributed by atoms with Gasteiger partial charge in [-0.05, 0) is 46.7 Å². The molecule has 150 valence electrons. The Morgan fingerprint density at radius 2 is 1.71 bits per heavy atom. The fraction of sp³-hybridized carbons (Fsp3) is 0.500. The molecule has 0 aromatic heterocycles. The molecule has 28 heavy (non-hydrogen) atoms. The molecule has 0 bridgehead atoms. The molecular weight excluding hydrogens is 351 g/mol. The lowest BCUT2D eigenvalue weighted by molar-refractivity contribution is 0.0827. The second-order valence-electron chi connectivity index (χ2n) is 8.50. The molecule has 1 fully saturated rings. The van der Waals surface area contributed by atoms with E-state index in [9.17, 15) is 9.50 Å². The van der Waals surface area contributed by atoms with Gasteiger partial charge in [0.1, 0.15) is 5.82 Å². The Kier molecular flexibility index (Phi) is 5.81. The standard InChI is InChI=1S/C24H31FN2O/c1-17(2)19-5-8-21-22(18-3-6-20(25)7-4-18)16-24(23(21)15-19)27-11-9-26(10-12-27)13-14-28/h3-8,15,17,22,24,28H,9-14,16H2,1-2H3/t22-,24+/m1/s1. The van der Waals surface area contributed by atoms with Crippen molar-refractivity contribution in [2.45, 2.75) is 38.1 Å². The van der Waals surface area contributed by atoms with Crippen molar-refractivity contribution in [3.8, 4) is 0 Å². The van der Waals surface area contributed by atoms with Crippen molar-refractivity contribution in [3.63, 3.8) is 0 Å². The van der Waals surface area contributed by atoms with E-state index in [1.54, 1.807) is 12.1 Å². The van der Waals surface area contributed by atoms with Crippen LogP contribution >= 0.6 is 0 Å². The van der Waals surface area contributed by atoms with E-state index in [2.05, 4.69) is 41.8 Å². The van der Waals surface area contributed by atoms with E-state index in [1.807, 2.05) is 12.1 Å². The van der Waals surface area contributed by atoms with E-state index in [-0.39, 0.29) is 12.4 Å². The third kappa shape index (κ3) is 3.86. The summed E-state index contributed by atoms with van der Waals surface area (Å²) in [7, 11) is 0. The minimum atomic E-state index is -0.173. The maximum atomic E-state index is 13.4. The van der Waals surface area contributed by atoms with Gasteiger partial charge >= 0.3 is 0 Å². The molecule has 0 unspecified atom stereocenters. The van der Waals surface area contributed by atoms with Crippen LogP contribution in [0.2, 0.25) is 0 Å². The van der Waals surface area contributed by atoms with Gasteiger partial charge in [0.2, 0.25) is 0 Å². The third-order valence-corrected chi connectivity index (χ3v) is 6.51. The van der Waals surface area contributed by atoms with Gasteiger partial charge in [-0.1, -0.05) is 44.2 Å². The topological polar surface area (TPSA) is 26.7 Å². The zero-order valence-electron chi connectivity index (χ0n) is 16.9. The van der Waals surface area contributed by atoms with Crippen LogP contribution in [0.3, 0.4) is 0 Å². The van der Waals surface area contributed by atoms with Crippen molar-refractivity contribution < 1.29 is 9.50 Å². The van der Waals surface area contributed by atoms with Crippen molar-refractivity contribution in [3.05, 3.63) is 70.5 Å². The lowest BCUT2D eigenvalue weighted by Crippen LogP contribution is -2.48. The molecule has 0 saturated carbocycles. The summed E-state index contributed by atoms with van der Waals surface area (Å²) in [6, 6.07) is 14.5. The first-order valence-electron chi connectivity index (χ1n) is 10.5. The van der Waals surface area contributed by atoms with E-state index < -0.39 is 0 Å². The summed E-state index contributed by atoms with van der Waals surface area (Å²) in [5.74, 6) is 0.670. The second kappa shape index (κ2) is 8.32. The van der Waals surface area contributed by atoms with Crippen LogP contribution in [0.4, 0.5) is 4.39 Å². The number of hydrogen-bond acceptors (Lipinski definition) is 3. The lowest BCUT2D eigenvalue weighted by atomic mass is 9.91. The number of β-amino-alcohol motifs (C(OH)–C–C–N with tert-alkyl or cyclic N) is 1. The molecule has 1 N–H and O–H groups in total. The first-order valence-corrected chi connectivity index (χ1v) is 10.5. The van der Waals surface area contributed by atoms with Crippen LogP contribution in [0.5, 0.6) is 0 Å². The van der Waals surface area contributed by atoms with Crippen LogP contribution in [0.15, 0.2) is 42.5 Å². The van der Waals surface area contributed by atoms with Gasteiger partial charge in [0.05, 0.1) is 6.61 Å². The van der Waals surface area contributed by atoms with Crippen molar-refractivity contribution in [1.29, 1.82) is 0 Å². The maximum Gasteiger partial charge on any atom is 0.123 e. The number of benzene rings is 2. The zero-order chi connectivity index (χ0) is 19.7. The normalized spacial score (nSPS) is 23.3. The largest absolute Gasteiger partial charge is 0.395 e. The molecule has 0 amide bonds. The summed E-state index contributed by atoms with van der Waals surface area (Å²) in [5.41, 5.74) is 5.46. The first-order chi connectivity index (χ1) is 13.6. The van der Waals surface area contributed by atoms with Crippen molar-refractivity contribution in [2.24, 2.45) is 0 Å². The summed E-state index contributed by atoms with van der Waals surface area (Å²) < 4.78 is 13.4. The smallest absolute Gasteiger partial charge is 0.123 e. The van der Waals surface area contributed by atoms with Gasteiger partial charge in [-0.2, -0.15) is 0 Å². The summed E-state index contributed by atoms with van der Waals surface area (Å²) in [6.45, 7) is 9.59. The average Bonchev–Trinajstić information content (AvgIpc) is 3.08. The molecule has 1 heterocycles. The molecule has 2 atom stereocenters. The molecule has 0 spiro atoms. The monoisotopic (exact) mass is 382 g/mol. The molecule has 2 aromatic carbocycles. The number of aliphatic hydroxyl groups is 1. The highest BCUT2D eigenvalue weighted by Crippen LogP contribution is 2.47. The summed E-state index contributed by atoms with van der Waals surface area (Å²) in [4.78, 5) is 4.95. The number of aliphatic hydroxyl groups excluding tert-OH is 1. The number of fused-ring (bicyclic) bond motifs is 1. The van der Waals surface area contributed by atoms with Crippen LogP contribution in [-0.4, -0.2) is 54.2 Å². The minimum Gasteiger partial charge on any atom is -0.395 e. The minimum absolute atomic E-state index is 0.173. The van der Waals surface area contributed by atoms with Crippen LogP contribution < -0.4 is 0 Å². The predicted molar refractivity (Wildman–Crippen MR) is 111 cm³/mol. The Morgan fingerprint density at radius 1 is 1.00 bits per heavy atom. The Balaban J connectivity index is 1.63. The van der Waals surface area contributed by atoms with Crippen molar-refractivity contribution in [1.82, 2.24) is 9.80 Å². The third-order valence-electron chi connectivity index (χ3n) is 6.51. The fourth-order valence-electron chi connectivity index (χ4n) is 4.83. The molecule has 1 aliphatic carbocycles. The molecule has 1 saturated heterocycles. The molecule has 2 aromatic rings. The second-order valence-corrected chi connectivity index (χ2v) is 8.50. The molecule has 4 rings (SSSR count). The van der Waals surface area contributed by atoms with Crippen molar-refractivity contribution >= 4 is 0 Å². The number of rotatable bonds is 5. The Morgan fingerprint density at radius 3 is 2.36 bits per heavy atom. The lowest BCUT2D eigenvalue weighted by Gasteiger charge is -2.38. The highest BCUT2D eigenvalue weighted by atomic mass is 19.1. The molecule has 3 nitrogen and oxygen atoms in total. The highest BCUT2D eigenvalue weighted by molar-refractivity contribution is 5.47. The van der Waals surface area contributed by atoms with E-state index in [0.29, 0.717) is 17.9 Å². The number of hydrogen-bond donors (Lipinski definition) is 1. The van der Waals surface area contributed by atoms with Crippen molar-refractivity contribution in [2.75, 3.05) is 39.3 Å². The molecule has 1 aliphatic heterocycles. The van der Waals surface area contributed by atoms with Gasteiger partial charge in [-0.15, -0.1) is 0 Å². The first kappa shape index (κ1) is 19.6. The Bertz CT molecular complexity index is 797. The zero-order valence-corrected chi connectivity index (χ0v) is 16.9. The van der Waals surface area contributed by atoms with Gasteiger partial charge in [-0.3, -0.25) is 9.80 Å². The average molecular weight is 383 g/mol. The van der Waals surface area contributed by atoms with E-state index in [0.717, 1.165) is 39.1 Å². The summed E-state index contributed by atoms with van der Waals surface area (Å²) >= 11 is 0. The number of nitrogens with zero attached hydrogens (tertiary/aromatic N) is 2. The van der Waals surface area contributed by atoms with Crippen LogP contribution in [0.25, 0.3) is 0 Å². The number of halogens is 1.